The second-order valence-corrected chi connectivity index (χ2v) is 5.33. The first-order valence-electron chi connectivity index (χ1n) is 0.667. The summed E-state index contributed by atoms with van der Waals surface area (Å²) in [6, 6.07) is 0. The van der Waals surface area contributed by atoms with E-state index in [0.29, 0.717) is 0 Å². The van der Waals surface area contributed by atoms with E-state index in [4.69, 9.17) is 0 Å². The van der Waals surface area contributed by atoms with E-state index in [0.717, 1.165) is 3.11 Å². The van der Waals surface area contributed by atoms with Crippen molar-refractivity contribution >= 4 is 43.8 Å². The molecule has 4 heavy (non-hydrogen) atoms. The lowest BCUT2D eigenvalue weighted by molar-refractivity contribution is 4.37. The van der Waals surface area contributed by atoms with E-state index in [1.54, 1.807) is 0 Å². The fraction of sp³-hybridized carbons (Fsp3) is 0. The molecule has 0 radical (unpaired) electrons. The van der Waals surface area contributed by atoms with Crippen molar-refractivity contribution in [3.8, 4) is 0 Å². The van der Waals surface area contributed by atoms with Crippen LogP contribution in [0, 0.1) is 0 Å². The molecule has 3 heteroatoms. The third kappa shape index (κ3) is 11.1. The van der Waals surface area contributed by atoms with Crippen molar-refractivity contribution in [2.45, 2.75) is 0 Å². The van der Waals surface area contributed by atoms with Gasteiger partial charge < -0.3 is 0 Å². The Labute approximate surface area is 44.1 Å². The van der Waals surface area contributed by atoms with Gasteiger partial charge in [-0.2, -0.15) is 0 Å². The average Bonchev–Trinajstić information content (AvgIpc) is 0.811. The first-order chi connectivity index (χ1) is 1.73. The predicted octanol–water partition coefficient (Wildman–Crippen LogP) is 1.74. The first-order valence-corrected chi connectivity index (χ1v) is 2.83. The molecular weight excluding hydrogens is 203 g/mol. The molecule has 24 valence electrons. The predicted molar refractivity (Wildman–Crippen MR) is 32.6 cm³/mol. The SMILES string of the molecule is [PH2+]=C(Br)Br. The Kier molecular flexibility index (Phi) is 3.04. The quantitative estimate of drug-likeness (QED) is 0.528. The third-order valence-corrected chi connectivity index (χ3v) is 0. The second-order valence-electron chi connectivity index (χ2n) is 0.290. The van der Waals surface area contributed by atoms with E-state index in [9.17, 15) is 0 Å². The number of hydrogen-bond acceptors (Lipinski definition) is 0. The molecule has 0 N–H and O–H groups in total. The van der Waals surface area contributed by atoms with Gasteiger partial charge in [0.1, 0.15) is 0 Å². The standard InChI is InChI=1S/CHBr2P/c2-1(3)4/h4H/p+1. The summed E-state index contributed by atoms with van der Waals surface area (Å²) in [6.07, 6.45) is 0. The Morgan fingerprint density at radius 3 is 1.50 bits per heavy atom. The second kappa shape index (κ2) is 2.37. The number of hydrogen-bond donors (Lipinski definition) is 0. The average molecular weight is 205 g/mol. The van der Waals surface area contributed by atoms with Crippen molar-refractivity contribution in [1.29, 1.82) is 0 Å². The summed E-state index contributed by atoms with van der Waals surface area (Å²) in [4.78, 5) is 0. The highest BCUT2D eigenvalue weighted by molar-refractivity contribution is 9.40. The summed E-state index contributed by atoms with van der Waals surface area (Å²) in [6.45, 7) is 0. The van der Waals surface area contributed by atoms with Gasteiger partial charge in [0.2, 0.25) is 3.11 Å². The van der Waals surface area contributed by atoms with Gasteiger partial charge in [-0.15, -0.1) is 0 Å². The lowest BCUT2D eigenvalue weighted by Gasteiger charge is -1.46. The molecule has 0 rings (SSSR count). The van der Waals surface area contributed by atoms with E-state index in [-0.39, 0.29) is 0 Å². The molecule has 0 saturated heterocycles. The number of rotatable bonds is 0. The molecule has 1 unspecified atom stereocenters. The van der Waals surface area contributed by atoms with Crippen molar-refractivity contribution in [3.05, 3.63) is 0 Å². The van der Waals surface area contributed by atoms with Gasteiger partial charge in [-0.3, -0.25) is 0 Å². The zero-order chi connectivity index (χ0) is 3.58. The van der Waals surface area contributed by atoms with E-state index >= 15 is 0 Å². The largest absolute Gasteiger partial charge is 0.221 e. The molecule has 0 aliphatic rings. The van der Waals surface area contributed by atoms with Gasteiger partial charge in [0, 0.05) is 31.9 Å². The van der Waals surface area contributed by atoms with Gasteiger partial charge in [-0.25, -0.2) is 0 Å². The van der Waals surface area contributed by atoms with Crippen LogP contribution in [0.15, 0.2) is 0 Å². The Balaban J connectivity index is 2.80. The molecule has 0 aromatic heterocycles. The van der Waals surface area contributed by atoms with Crippen LogP contribution in [0.2, 0.25) is 0 Å². The molecule has 0 aromatic carbocycles. The maximum absolute atomic E-state index is 3.07. The van der Waals surface area contributed by atoms with Gasteiger partial charge in [-0.05, 0) is 0 Å². The molecule has 0 aromatic rings. The minimum Gasteiger partial charge on any atom is 0.00825 e. The smallest absolute Gasteiger partial charge is 0.00825 e. The van der Waals surface area contributed by atoms with E-state index in [1.807, 2.05) is 0 Å². The topological polar surface area (TPSA) is 0 Å². The number of halogens is 2. The molecule has 0 spiro atoms. The minimum atomic E-state index is 0.958. The third-order valence-electron chi connectivity index (χ3n) is 0. The molecule has 0 aliphatic carbocycles. The molecular formula is CH2Br2P+. The lowest BCUT2D eigenvalue weighted by atomic mass is 12.0. The molecule has 0 fully saturated rings. The van der Waals surface area contributed by atoms with Crippen molar-refractivity contribution in [2.75, 3.05) is 0 Å². The highest BCUT2D eigenvalue weighted by atomic mass is 79.9. The molecule has 1 atom stereocenters. The van der Waals surface area contributed by atoms with Crippen LogP contribution in [0.5, 0.6) is 0 Å². The molecule has 0 nitrogen and oxygen atoms in total. The maximum Gasteiger partial charge on any atom is 0.221 e. The van der Waals surface area contributed by atoms with Crippen LogP contribution in [0.1, 0.15) is 0 Å². The van der Waals surface area contributed by atoms with Crippen LogP contribution in [0.3, 0.4) is 0 Å². The fourth-order valence-corrected chi connectivity index (χ4v) is 0. The van der Waals surface area contributed by atoms with Gasteiger partial charge in [0.25, 0.3) is 0 Å². The normalized spacial score (nSPS) is 6.50. The van der Waals surface area contributed by atoms with Gasteiger partial charge in [0.05, 0.1) is 8.86 Å². The Hall–Kier alpha value is 1.13. The summed E-state index contributed by atoms with van der Waals surface area (Å²) >= 11 is 6.13. The maximum atomic E-state index is 3.07. The van der Waals surface area contributed by atoms with Gasteiger partial charge in [-0.1, -0.05) is 0 Å². The van der Waals surface area contributed by atoms with E-state index in [1.165, 1.54) is 0 Å². The highest BCUT2D eigenvalue weighted by Crippen LogP contribution is 1.97. The summed E-state index contributed by atoms with van der Waals surface area (Å²) < 4.78 is 0.958. The Morgan fingerprint density at radius 1 is 1.50 bits per heavy atom. The summed E-state index contributed by atoms with van der Waals surface area (Å²) in [5.41, 5.74) is 0. The van der Waals surface area contributed by atoms with Crippen molar-refractivity contribution in [1.82, 2.24) is 0 Å². The fourth-order valence-electron chi connectivity index (χ4n) is 0. The zero-order valence-corrected chi connectivity index (χ0v) is 6.16. The van der Waals surface area contributed by atoms with E-state index < -0.39 is 0 Å². The lowest BCUT2D eigenvalue weighted by Crippen LogP contribution is -1.39. The van der Waals surface area contributed by atoms with Gasteiger partial charge >= 0.3 is 0 Å². The molecule has 0 bridgehead atoms. The summed E-state index contributed by atoms with van der Waals surface area (Å²) in [5.74, 6) is 0. The first kappa shape index (κ1) is 5.13. The highest BCUT2D eigenvalue weighted by Gasteiger charge is 1.71. The van der Waals surface area contributed by atoms with Crippen LogP contribution >= 0.6 is 40.7 Å². The summed E-state index contributed by atoms with van der Waals surface area (Å²) in [7, 11) is 2.41. The zero-order valence-electron chi connectivity index (χ0n) is 1.83. The van der Waals surface area contributed by atoms with Crippen molar-refractivity contribution < 1.29 is 0 Å². The monoisotopic (exact) mass is 203 g/mol. The van der Waals surface area contributed by atoms with Crippen LogP contribution in [0.4, 0.5) is 0 Å². The Morgan fingerprint density at radius 2 is 1.50 bits per heavy atom. The molecule has 0 aliphatic heterocycles. The molecule has 0 saturated carbocycles. The Bertz CT molecular complexity index is 29.0. The molecule has 0 heterocycles. The molecule has 0 amide bonds. The van der Waals surface area contributed by atoms with Crippen molar-refractivity contribution in [2.24, 2.45) is 0 Å². The summed E-state index contributed by atoms with van der Waals surface area (Å²) in [5, 5.41) is 0. The van der Waals surface area contributed by atoms with E-state index in [2.05, 4.69) is 40.7 Å². The van der Waals surface area contributed by atoms with Gasteiger partial charge in [0.15, 0.2) is 0 Å². The van der Waals surface area contributed by atoms with Crippen LogP contribution in [-0.2, 0) is 0 Å². The van der Waals surface area contributed by atoms with Crippen LogP contribution in [0.25, 0.3) is 0 Å². The van der Waals surface area contributed by atoms with Crippen molar-refractivity contribution in [3.63, 3.8) is 0 Å². The minimum absolute atomic E-state index is 0.958. The van der Waals surface area contributed by atoms with Crippen LogP contribution in [-0.4, -0.2) is 3.11 Å². The van der Waals surface area contributed by atoms with Crippen LogP contribution < -0.4 is 0 Å².